The Kier molecular flexibility index (Phi) is 6.81. The maximum atomic E-state index is 13.5. The maximum Gasteiger partial charge on any atom is 0.427 e. The first-order chi connectivity index (χ1) is 18.7. The number of pyridine rings is 1. The fourth-order valence-electron chi connectivity index (χ4n) is 3.66. The van der Waals surface area contributed by atoms with E-state index >= 15 is 0 Å². The standard InChI is InChI=1S/C23H15Cl2F2N5O6S2/c1-2-39(34,35)18-9-10-19(32-22(33)31(12-28-32)14-5-3-13(24)4-6-14)30-20(18)21-29-16-11-15(7-8-17(16)38-21)40(36,37)23(25,26)27/h3-12H,2H2,1H3. The van der Waals surface area contributed by atoms with Gasteiger partial charge in [-0.25, -0.2) is 36.2 Å². The second kappa shape index (κ2) is 9.76. The summed E-state index contributed by atoms with van der Waals surface area (Å²) >= 11 is 10.7. The molecule has 2 aromatic carbocycles. The van der Waals surface area contributed by atoms with Gasteiger partial charge in [0.1, 0.15) is 17.5 Å². The molecular weight excluding hydrogens is 615 g/mol. The van der Waals surface area contributed by atoms with Crippen LogP contribution >= 0.6 is 23.2 Å². The lowest BCUT2D eigenvalue weighted by molar-refractivity contribution is 0.187. The molecule has 11 nitrogen and oxygen atoms in total. The van der Waals surface area contributed by atoms with Crippen LogP contribution in [0.2, 0.25) is 5.02 Å². The van der Waals surface area contributed by atoms with Gasteiger partial charge < -0.3 is 4.42 Å². The molecule has 3 aromatic heterocycles. The SMILES string of the molecule is CCS(=O)(=O)c1ccc(-n2ncn(-c3ccc(Cl)cc3)c2=O)nc1-c1nc2cc(S(=O)(=O)C(F)(F)Cl)ccc2o1. The second-order valence-electron chi connectivity index (χ2n) is 8.19. The number of nitrogens with zero attached hydrogens (tertiary/aromatic N) is 5. The van der Waals surface area contributed by atoms with Crippen LogP contribution in [0.25, 0.3) is 34.2 Å². The lowest BCUT2D eigenvalue weighted by atomic mass is 10.3. The van der Waals surface area contributed by atoms with E-state index in [0.29, 0.717) is 10.7 Å². The lowest BCUT2D eigenvalue weighted by Crippen LogP contribution is -2.23. The summed E-state index contributed by atoms with van der Waals surface area (Å²) in [7, 11) is -9.16. The maximum absolute atomic E-state index is 13.5. The van der Waals surface area contributed by atoms with Crippen LogP contribution in [0.4, 0.5) is 8.78 Å². The van der Waals surface area contributed by atoms with Gasteiger partial charge in [-0.1, -0.05) is 18.5 Å². The highest BCUT2D eigenvalue weighted by atomic mass is 35.5. The van der Waals surface area contributed by atoms with Crippen molar-refractivity contribution in [2.24, 2.45) is 0 Å². The van der Waals surface area contributed by atoms with Gasteiger partial charge in [-0.3, -0.25) is 0 Å². The van der Waals surface area contributed by atoms with Gasteiger partial charge in [-0.15, -0.1) is 0 Å². The summed E-state index contributed by atoms with van der Waals surface area (Å²) in [6.45, 7) is 1.40. The van der Waals surface area contributed by atoms with Crippen molar-refractivity contribution in [2.45, 2.75) is 21.4 Å². The molecule has 0 atom stereocenters. The van der Waals surface area contributed by atoms with Crippen molar-refractivity contribution in [2.75, 3.05) is 5.75 Å². The fourth-order valence-corrected chi connectivity index (χ4v) is 5.85. The highest BCUT2D eigenvalue weighted by Crippen LogP contribution is 2.35. The molecule has 0 bridgehead atoms. The molecule has 0 aliphatic rings. The zero-order valence-electron chi connectivity index (χ0n) is 20.0. The predicted octanol–water partition coefficient (Wildman–Crippen LogP) is 4.24. The molecule has 17 heteroatoms. The van der Waals surface area contributed by atoms with Gasteiger partial charge in [0.25, 0.3) is 9.84 Å². The fraction of sp³-hybridized carbons (Fsp3) is 0.130. The van der Waals surface area contributed by atoms with Crippen LogP contribution < -0.4 is 5.69 Å². The van der Waals surface area contributed by atoms with Crippen LogP contribution in [0.5, 0.6) is 0 Å². The highest BCUT2D eigenvalue weighted by molar-refractivity contribution is 7.93. The summed E-state index contributed by atoms with van der Waals surface area (Å²) in [5.41, 5.74) is -0.730. The van der Waals surface area contributed by atoms with Crippen LogP contribution in [0, 0.1) is 0 Å². The van der Waals surface area contributed by atoms with Crippen molar-refractivity contribution in [1.82, 2.24) is 24.3 Å². The normalized spacial score (nSPS) is 12.7. The number of hydrogen-bond donors (Lipinski definition) is 0. The topological polar surface area (TPSA) is 147 Å². The summed E-state index contributed by atoms with van der Waals surface area (Å²) in [6, 6.07) is 11.5. The number of alkyl halides is 3. The van der Waals surface area contributed by atoms with Gasteiger partial charge in [0.2, 0.25) is 5.89 Å². The van der Waals surface area contributed by atoms with Gasteiger partial charge in [-0.05, 0) is 66.2 Å². The molecule has 5 rings (SSSR count). The summed E-state index contributed by atoms with van der Waals surface area (Å²) in [4.78, 5) is 20.4. The van der Waals surface area contributed by atoms with Crippen molar-refractivity contribution < 1.29 is 30.0 Å². The predicted molar refractivity (Wildman–Crippen MR) is 141 cm³/mol. The molecule has 0 spiro atoms. The molecule has 208 valence electrons. The third kappa shape index (κ3) is 4.78. The molecule has 3 heterocycles. The number of sulfone groups is 2. The first-order valence-corrected chi connectivity index (χ1v) is 15.0. The summed E-state index contributed by atoms with van der Waals surface area (Å²) in [5.74, 6) is -0.782. The lowest BCUT2D eigenvalue weighted by Gasteiger charge is -2.08. The van der Waals surface area contributed by atoms with Crippen LogP contribution in [0.3, 0.4) is 0 Å². The van der Waals surface area contributed by atoms with E-state index in [2.05, 4.69) is 15.1 Å². The van der Waals surface area contributed by atoms with E-state index < -0.39 is 35.0 Å². The molecule has 0 fully saturated rings. The van der Waals surface area contributed by atoms with Crippen LogP contribution in [-0.4, -0.2) is 51.6 Å². The molecule has 40 heavy (non-hydrogen) atoms. The first-order valence-electron chi connectivity index (χ1n) is 11.1. The Morgan fingerprint density at radius 1 is 1.00 bits per heavy atom. The second-order valence-corrected chi connectivity index (χ2v) is 13.6. The van der Waals surface area contributed by atoms with E-state index in [0.717, 1.165) is 22.9 Å². The molecule has 0 amide bonds. The average Bonchev–Trinajstić information content (AvgIpc) is 3.51. The van der Waals surface area contributed by atoms with E-state index in [-0.39, 0.29) is 39.2 Å². The van der Waals surface area contributed by atoms with Gasteiger partial charge in [-0.2, -0.15) is 18.6 Å². The quantitative estimate of drug-likeness (QED) is 0.241. The Bertz CT molecular complexity index is 2050. The molecule has 0 aliphatic carbocycles. The minimum atomic E-state index is -5.25. The van der Waals surface area contributed by atoms with Crippen LogP contribution in [0.1, 0.15) is 6.92 Å². The molecule has 0 saturated carbocycles. The van der Waals surface area contributed by atoms with E-state index in [4.69, 9.17) is 27.6 Å². The number of rotatable bonds is 7. The van der Waals surface area contributed by atoms with Gasteiger partial charge in [0, 0.05) is 5.02 Å². The molecular formula is C23H15Cl2F2N5O6S2. The van der Waals surface area contributed by atoms with Crippen molar-refractivity contribution >= 4 is 54.0 Å². The zero-order chi connectivity index (χ0) is 29.0. The molecule has 0 radical (unpaired) electrons. The van der Waals surface area contributed by atoms with E-state index in [1.807, 2.05) is 0 Å². The zero-order valence-corrected chi connectivity index (χ0v) is 23.1. The Hall–Kier alpha value is -3.66. The third-order valence-electron chi connectivity index (χ3n) is 5.73. The van der Waals surface area contributed by atoms with Crippen molar-refractivity contribution in [3.8, 4) is 23.1 Å². The van der Waals surface area contributed by atoms with E-state index in [1.54, 1.807) is 24.3 Å². The van der Waals surface area contributed by atoms with Crippen LogP contribution in [-0.2, 0) is 19.7 Å². The number of oxazole rings is 1. The monoisotopic (exact) mass is 629 g/mol. The highest BCUT2D eigenvalue weighted by Gasteiger charge is 2.44. The van der Waals surface area contributed by atoms with Gasteiger partial charge >= 0.3 is 10.4 Å². The summed E-state index contributed by atoms with van der Waals surface area (Å²) < 4.78 is 79.9. The number of hydrogen-bond acceptors (Lipinski definition) is 9. The Balaban J connectivity index is 1.67. The summed E-state index contributed by atoms with van der Waals surface area (Å²) in [6.07, 6.45) is 1.23. The average molecular weight is 630 g/mol. The van der Waals surface area contributed by atoms with Crippen molar-refractivity contribution in [3.05, 3.63) is 76.4 Å². The minimum Gasteiger partial charge on any atom is -0.435 e. The summed E-state index contributed by atoms with van der Waals surface area (Å²) in [5, 5.41) is 4.52. The first kappa shape index (κ1) is 27.9. The Morgan fingerprint density at radius 2 is 1.70 bits per heavy atom. The molecule has 0 N–H and O–H groups in total. The van der Waals surface area contributed by atoms with E-state index in [9.17, 15) is 30.4 Å². The largest absolute Gasteiger partial charge is 0.435 e. The molecule has 0 saturated heterocycles. The number of halogens is 4. The number of benzene rings is 2. The molecule has 5 aromatic rings. The Labute approximate surface area is 234 Å². The smallest absolute Gasteiger partial charge is 0.427 e. The Morgan fingerprint density at radius 3 is 2.35 bits per heavy atom. The van der Waals surface area contributed by atoms with Gasteiger partial charge in [0.15, 0.2) is 21.2 Å². The number of aromatic nitrogens is 5. The molecule has 0 unspecified atom stereocenters. The molecule has 0 aliphatic heterocycles. The number of fused-ring (bicyclic) bond motifs is 1. The van der Waals surface area contributed by atoms with Crippen molar-refractivity contribution in [3.63, 3.8) is 0 Å². The van der Waals surface area contributed by atoms with Gasteiger partial charge in [0.05, 0.1) is 21.2 Å². The third-order valence-corrected chi connectivity index (χ3v) is 9.83. The van der Waals surface area contributed by atoms with Crippen LogP contribution in [0.15, 0.2) is 79.9 Å². The van der Waals surface area contributed by atoms with Crippen molar-refractivity contribution in [1.29, 1.82) is 0 Å². The minimum absolute atomic E-state index is 0.0527. The van der Waals surface area contributed by atoms with E-state index in [1.165, 1.54) is 30.0 Å².